The Kier molecular flexibility index (Phi) is 3.16. The van der Waals surface area contributed by atoms with Crippen molar-refractivity contribution in [3.63, 3.8) is 0 Å². The van der Waals surface area contributed by atoms with E-state index < -0.39 is 0 Å². The van der Waals surface area contributed by atoms with E-state index in [2.05, 4.69) is 30.5 Å². The van der Waals surface area contributed by atoms with Crippen molar-refractivity contribution in [3.8, 4) is 0 Å². The number of carbonyl (C=O) groups is 1. The summed E-state index contributed by atoms with van der Waals surface area (Å²) in [5.41, 5.74) is 1.41. The van der Waals surface area contributed by atoms with Gasteiger partial charge in [-0.05, 0) is 12.8 Å². The molecule has 0 spiro atoms. The van der Waals surface area contributed by atoms with Crippen LogP contribution in [0.1, 0.15) is 25.7 Å². The fourth-order valence-corrected chi connectivity index (χ4v) is 3.28. The van der Waals surface area contributed by atoms with E-state index in [0.717, 1.165) is 18.7 Å². The summed E-state index contributed by atoms with van der Waals surface area (Å²) >= 11 is 0. The van der Waals surface area contributed by atoms with Crippen LogP contribution in [-0.2, 0) is 11.8 Å². The first kappa shape index (κ1) is 13.4. The number of fused-ring (bicyclic) bond motifs is 1. The highest BCUT2D eigenvalue weighted by Crippen LogP contribution is 2.28. The lowest BCUT2D eigenvalue weighted by atomic mass is 9.98. The van der Waals surface area contributed by atoms with Crippen molar-refractivity contribution >= 4 is 22.9 Å². The highest BCUT2D eigenvalue weighted by atomic mass is 16.2. The van der Waals surface area contributed by atoms with Crippen LogP contribution in [0, 0.1) is 5.92 Å². The molecule has 1 saturated heterocycles. The lowest BCUT2D eigenvalue weighted by Gasteiger charge is -2.39. The van der Waals surface area contributed by atoms with Gasteiger partial charge in [-0.15, -0.1) is 5.10 Å². The molecule has 0 aromatic carbocycles. The van der Waals surface area contributed by atoms with Gasteiger partial charge in [0, 0.05) is 26.2 Å². The van der Waals surface area contributed by atoms with Gasteiger partial charge >= 0.3 is 0 Å². The molecular formula is C14H19N7O. The summed E-state index contributed by atoms with van der Waals surface area (Å²) < 4.78 is 1.63. The molecule has 1 aliphatic heterocycles. The highest BCUT2D eigenvalue weighted by molar-refractivity contribution is 5.86. The molecule has 2 fully saturated rings. The van der Waals surface area contributed by atoms with Crippen molar-refractivity contribution < 1.29 is 4.79 Å². The van der Waals surface area contributed by atoms with Crippen molar-refractivity contribution in [1.82, 2.24) is 30.3 Å². The Labute approximate surface area is 127 Å². The van der Waals surface area contributed by atoms with Crippen LogP contribution in [0.15, 0.2) is 6.33 Å². The fraction of sp³-hybridized carbons (Fsp3) is 0.643. The smallest absolute Gasteiger partial charge is 0.226 e. The Bertz CT molecular complexity index is 700. The first-order valence-electron chi connectivity index (χ1n) is 7.78. The number of amides is 1. The van der Waals surface area contributed by atoms with Crippen LogP contribution < -0.4 is 10.2 Å². The van der Waals surface area contributed by atoms with Gasteiger partial charge in [-0.3, -0.25) is 4.79 Å². The maximum Gasteiger partial charge on any atom is 0.226 e. The Morgan fingerprint density at radius 1 is 1.27 bits per heavy atom. The van der Waals surface area contributed by atoms with Crippen LogP contribution in [0.4, 0.5) is 5.82 Å². The molecule has 22 heavy (non-hydrogen) atoms. The predicted molar refractivity (Wildman–Crippen MR) is 80.2 cm³/mol. The number of hydrogen-bond acceptors (Lipinski definition) is 6. The maximum atomic E-state index is 12.2. The van der Waals surface area contributed by atoms with E-state index >= 15 is 0 Å². The van der Waals surface area contributed by atoms with Crippen LogP contribution in [0.3, 0.4) is 0 Å². The summed E-state index contributed by atoms with van der Waals surface area (Å²) in [5, 5.41) is 11.3. The largest absolute Gasteiger partial charge is 0.353 e. The molecule has 3 heterocycles. The molecule has 1 saturated carbocycles. The molecule has 0 bridgehead atoms. The number of hydrogen-bond donors (Lipinski definition) is 1. The summed E-state index contributed by atoms with van der Waals surface area (Å²) in [5.74, 6) is 0.984. The summed E-state index contributed by atoms with van der Waals surface area (Å²) in [6.07, 6.45) is 6.22. The predicted octanol–water partition coefficient (Wildman–Crippen LogP) is 0.253. The molecule has 0 atom stereocenters. The van der Waals surface area contributed by atoms with Gasteiger partial charge in [-0.2, -0.15) is 0 Å². The average Bonchev–Trinajstić information content (AvgIpc) is 3.08. The molecule has 0 unspecified atom stereocenters. The topological polar surface area (TPSA) is 88.8 Å². The highest BCUT2D eigenvalue weighted by Gasteiger charge is 2.36. The molecule has 2 aliphatic rings. The SMILES string of the molecule is Cn1nnc2c(N3CC(C(=O)NC4CCCC4)C3)ncnc21. The van der Waals surface area contributed by atoms with Crippen molar-refractivity contribution in [1.29, 1.82) is 0 Å². The van der Waals surface area contributed by atoms with E-state index in [1.165, 1.54) is 19.2 Å². The zero-order chi connectivity index (χ0) is 15.1. The standard InChI is InChI=1S/C14H19N7O/c1-20-12-11(18-19-20)13(16-8-15-12)21-6-9(7-21)14(22)17-10-4-2-3-5-10/h8-10H,2-7H2,1H3,(H,17,22). The Morgan fingerprint density at radius 2 is 2.05 bits per heavy atom. The van der Waals surface area contributed by atoms with Crippen LogP contribution in [0.2, 0.25) is 0 Å². The van der Waals surface area contributed by atoms with Gasteiger partial charge in [-0.25, -0.2) is 14.6 Å². The number of rotatable bonds is 3. The van der Waals surface area contributed by atoms with Crippen LogP contribution in [0.25, 0.3) is 11.2 Å². The minimum Gasteiger partial charge on any atom is -0.353 e. The maximum absolute atomic E-state index is 12.2. The third-order valence-electron chi connectivity index (χ3n) is 4.62. The van der Waals surface area contributed by atoms with Gasteiger partial charge in [-0.1, -0.05) is 18.1 Å². The lowest BCUT2D eigenvalue weighted by Crippen LogP contribution is -2.55. The molecule has 1 amide bonds. The Hall–Kier alpha value is -2.25. The van der Waals surface area contributed by atoms with E-state index in [4.69, 9.17) is 0 Å². The number of anilines is 1. The van der Waals surface area contributed by atoms with Gasteiger partial charge in [0.1, 0.15) is 6.33 Å². The van der Waals surface area contributed by atoms with Crippen molar-refractivity contribution in [3.05, 3.63) is 6.33 Å². The van der Waals surface area contributed by atoms with Gasteiger partial charge in [0.2, 0.25) is 5.91 Å². The molecule has 4 rings (SSSR count). The number of nitrogens with one attached hydrogen (secondary N) is 1. The molecule has 1 aliphatic carbocycles. The number of carbonyl (C=O) groups excluding carboxylic acids is 1. The first-order chi connectivity index (χ1) is 10.7. The third-order valence-corrected chi connectivity index (χ3v) is 4.62. The van der Waals surface area contributed by atoms with Gasteiger partial charge in [0.25, 0.3) is 0 Å². The summed E-state index contributed by atoms with van der Waals surface area (Å²) in [7, 11) is 1.81. The van der Waals surface area contributed by atoms with E-state index in [0.29, 0.717) is 30.3 Å². The molecule has 8 heteroatoms. The molecule has 0 radical (unpaired) electrons. The molecule has 116 valence electrons. The monoisotopic (exact) mass is 301 g/mol. The van der Waals surface area contributed by atoms with E-state index in [-0.39, 0.29) is 11.8 Å². The second-order valence-electron chi connectivity index (χ2n) is 6.17. The second-order valence-corrected chi connectivity index (χ2v) is 6.17. The summed E-state index contributed by atoms with van der Waals surface area (Å²) in [6.45, 7) is 1.36. The van der Waals surface area contributed by atoms with Gasteiger partial charge < -0.3 is 10.2 Å². The second kappa shape index (κ2) is 5.19. The van der Waals surface area contributed by atoms with Crippen LogP contribution >= 0.6 is 0 Å². The van der Waals surface area contributed by atoms with Gasteiger partial charge in [0.05, 0.1) is 5.92 Å². The van der Waals surface area contributed by atoms with E-state index in [9.17, 15) is 4.79 Å². The molecule has 2 aromatic heterocycles. The summed E-state index contributed by atoms with van der Waals surface area (Å²) in [4.78, 5) is 22.8. The number of aromatic nitrogens is 5. The summed E-state index contributed by atoms with van der Waals surface area (Å²) in [6, 6.07) is 0.382. The van der Waals surface area contributed by atoms with Gasteiger partial charge in [0.15, 0.2) is 17.0 Å². The minimum atomic E-state index is 0.0438. The fourth-order valence-electron chi connectivity index (χ4n) is 3.28. The lowest BCUT2D eigenvalue weighted by molar-refractivity contribution is -0.126. The van der Waals surface area contributed by atoms with Crippen molar-refractivity contribution in [2.24, 2.45) is 13.0 Å². The number of aryl methyl sites for hydroxylation is 1. The Morgan fingerprint density at radius 3 is 2.82 bits per heavy atom. The minimum absolute atomic E-state index is 0.0438. The molecular weight excluding hydrogens is 282 g/mol. The average molecular weight is 301 g/mol. The zero-order valence-corrected chi connectivity index (χ0v) is 12.6. The molecule has 8 nitrogen and oxygen atoms in total. The van der Waals surface area contributed by atoms with Crippen LogP contribution in [-0.4, -0.2) is 50.0 Å². The molecule has 1 N–H and O–H groups in total. The van der Waals surface area contributed by atoms with Crippen molar-refractivity contribution in [2.75, 3.05) is 18.0 Å². The van der Waals surface area contributed by atoms with E-state index in [1.54, 1.807) is 11.7 Å². The quantitative estimate of drug-likeness (QED) is 0.874. The first-order valence-corrected chi connectivity index (χ1v) is 7.78. The zero-order valence-electron chi connectivity index (χ0n) is 12.6. The van der Waals surface area contributed by atoms with Crippen molar-refractivity contribution in [2.45, 2.75) is 31.7 Å². The molecule has 2 aromatic rings. The third kappa shape index (κ3) is 2.18. The number of nitrogens with zero attached hydrogens (tertiary/aromatic N) is 6. The Balaban J connectivity index is 1.42. The normalized spacial score (nSPS) is 19.6. The van der Waals surface area contributed by atoms with Crippen LogP contribution in [0.5, 0.6) is 0 Å². The van der Waals surface area contributed by atoms with E-state index in [1.807, 2.05) is 0 Å².